The minimum Gasteiger partial charge on any atom is -0.478 e. The Morgan fingerprint density at radius 2 is 2.30 bits per heavy atom. The first-order chi connectivity index (χ1) is 11.2. The summed E-state index contributed by atoms with van der Waals surface area (Å²) in [5, 5.41) is 12.1. The van der Waals surface area contributed by atoms with Crippen molar-refractivity contribution in [3.63, 3.8) is 0 Å². The van der Waals surface area contributed by atoms with Gasteiger partial charge in [-0.05, 0) is 19.8 Å². The van der Waals surface area contributed by atoms with E-state index in [0.29, 0.717) is 11.8 Å². The van der Waals surface area contributed by atoms with Crippen LogP contribution in [0.25, 0.3) is 0 Å². The van der Waals surface area contributed by atoms with Crippen LogP contribution >= 0.6 is 0 Å². The maximum atomic E-state index is 6.04. The maximum Gasteiger partial charge on any atom is 0.256 e. The third kappa shape index (κ3) is 3.50. The summed E-state index contributed by atoms with van der Waals surface area (Å²) in [7, 11) is 3.53. The topological polar surface area (TPSA) is 66.1 Å². The van der Waals surface area contributed by atoms with Crippen LogP contribution in [0.4, 0.5) is 5.69 Å². The number of ether oxygens (including phenoxy) is 2. The number of methoxy groups -OCH3 is 1. The summed E-state index contributed by atoms with van der Waals surface area (Å²) >= 11 is 0. The summed E-state index contributed by atoms with van der Waals surface area (Å²) in [5.41, 5.74) is 2.08. The van der Waals surface area contributed by atoms with Crippen molar-refractivity contribution in [1.82, 2.24) is 19.6 Å². The monoisotopic (exact) mass is 319 g/mol. The summed E-state index contributed by atoms with van der Waals surface area (Å²) < 4.78 is 15.0. The fourth-order valence-electron chi connectivity index (χ4n) is 3.10. The Balaban J connectivity index is 1.69. The zero-order valence-corrected chi connectivity index (χ0v) is 14.0. The highest BCUT2D eigenvalue weighted by atomic mass is 16.5. The quantitative estimate of drug-likeness (QED) is 0.884. The minimum atomic E-state index is 0.0965. The molecule has 126 valence electrons. The Kier molecular flexibility index (Phi) is 4.85. The first-order valence-electron chi connectivity index (χ1n) is 8.16. The summed E-state index contributed by atoms with van der Waals surface area (Å²) in [6.07, 6.45) is 8.28. The second kappa shape index (κ2) is 7.04. The van der Waals surface area contributed by atoms with Crippen LogP contribution < -0.4 is 10.1 Å². The Hall–Kier alpha value is -2.02. The average Bonchev–Trinajstić information content (AvgIpc) is 3.19. The minimum absolute atomic E-state index is 0.0965. The number of aromatic nitrogens is 4. The molecule has 0 unspecified atom stereocenters. The van der Waals surface area contributed by atoms with Crippen LogP contribution in [0.5, 0.6) is 5.88 Å². The van der Waals surface area contributed by atoms with Crippen LogP contribution in [0.3, 0.4) is 0 Å². The number of nitrogens with one attached hydrogen (secondary N) is 1. The molecule has 1 fully saturated rings. The third-order valence-corrected chi connectivity index (χ3v) is 4.29. The molecule has 0 amide bonds. The highest BCUT2D eigenvalue weighted by Gasteiger charge is 2.28. The zero-order chi connectivity index (χ0) is 16.2. The first kappa shape index (κ1) is 15.9. The third-order valence-electron chi connectivity index (χ3n) is 4.29. The van der Waals surface area contributed by atoms with Gasteiger partial charge in [-0.15, -0.1) is 5.10 Å². The van der Waals surface area contributed by atoms with Crippen LogP contribution in [0.1, 0.15) is 31.4 Å². The molecular formula is C16H25N5O2. The van der Waals surface area contributed by atoms with Gasteiger partial charge in [0.1, 0.15) is 5.69 Å². The zero-order valence-electron chi connectivity index (χ0n) is 14.0. The molecule has 2 atom stereocenters. The molecule has 23 heavy (non-hydrogen) atoms. The van der Waals surface area contributed by atoms with Crippen LogP contribution in [0, 0.1) is 5.92 Å². The number of nitrogens with zero attached hydrogens (tertiary/aromatic N) is 4. The Morgan fingerprint density at radius 1 is 1.43 bits per heavy atom. The smallest absolute Gasteiger partial charge is 0.256 e. The molecule has 1 N–H and O–H groups in total. The Morgan fingerprint density at radius 3 is 3.04 bits per heavy atom. The van der Waals surface area contributed by atoms with Crippen LogP contribution in [0.15, 0.2) is 18.6 Å². The lowest BCUT2D eigenvalue weighted by Gasteiger charge is -2.31. The van der Waals surface area contributed by atoms with Crippen molar-refractivity contribution in [2.75, 3.05) is 25.6 Å². The highest BCUT2D eigenvalue weighted by Crippen LogP contribution is 2.34. The molecular weight excluding hydrogens is 294 g/mol. The van der Waals surface area contributed by atoms with Gasteiger partial charge < -0.3 is 14.8 Å². The molecule has 1 aliphatic rings. The lowest BCUT2D eigenvalue weighted by atomic mass is 9.91. The number of hydrogen-bond acceptors (Lipinski definition) is 5. The molecule has 3 rings (SSSR count). The first-order valence-corrected chi connectivity index (χ1v) is 8.16. The van der Waals surface area contributed by atoms with Crippen molar-refractivity contribution >= 4 is 5.69 Å². The van der Waals surface area contributed by atoms with Gasteiger partial charge in [-0.2, -0.15) is 5.10 Å². The SMILES string of the molecule is CCn1cc([C@@H]2OCCC[C@H]2CNc2cn(C)nc2OC)cn1. The van der Waals surface area contributed by atoms with Gasteiger partial charge in [0.15, 0.2) is 0 Å². The standard InChI is InChI=1S/C16H25N5O2/c1-4-21-10-13(9-18-21)15-12(6-5-7-23-15)8-17-14-11-20(2)19-16(14)22-3/h9-12,15,17H,4-8H2,1-3H3/t12-,15+/m0/s1. The Labute approximate surface area is 136 Å². The number of hydrogen-bond donors (Lipinski definition) is 1. The molecule has 2 aromatic rings. The molecule has 0 radical (unpaired) electrons. The molecule has 1 aliphatic heterocycles. The van der Waals surface area contributed by atoms with E-state index in [1.54, 1.807) is 11.8 Å². The van der Waals surface area contributed by atoms with E-state index in [0.717, 1.165) is 43.8 Å². The number of anilines is 1. The summed E-state index contributed by atoms with van der Waals surface area (Å²) in [4.78, 5) is 0. The van der Waals surface area contributed by atoms with Crippen molar-refractivity contribution in [2.45, 2.75) is 32.4 Å². The van der Waals surface area contributed by atoms with Crippen molar-refractivity contribution in [3.8, 4) is 5.88 Å². The highest BCUT2D eigenvalue weighted by molar-refractivity contribution is 5.51. The second-order valence-corrected chi connectivity index (χ2v) is 5.93. The van der Waals surface area contributed by atoms with Gasteiger partial charge in [0.25, 0.3) is 5.88 Å². The van der Waals surface area contributed by atoms with Crippen LogP contribution in [0.2, 0.25) is 0 Å². The van der Waals surface area contributed by atoms with Gasteiger partial charge in [-0.3, -0.25) is 9.36 Å². The lowest BCUT2D eigenvalue weighted by molar-refractivity contribution is -0.0239. The molecule has 0 bridgehead atoms. The van der Waals surface area contributed by atoms with E-state index in [9.17, 15) is 0 Å². The number of rotatable bonds is 6. The molecule has 0 aliphatic carbocycles. The van der Waals surface area contributed by atoms with E-state index in [4.69, 9.17) is 9.47 Å². The van der Waals surface area contributed by atoms with Gasteiger partial charge in [0.2, 0.25) is 0 Å². The predicted molar refractivity (Wildman–Crippen MR) is 87.6 cm³/mol. The molecule has 2 aromatic heterocycles. The van der Waals surface area contributed by atoms with E-state index < -0.39 is 0 Å². The molecule has 0 aromatic carbocycles. The Bertz CT molecular complexity index is 636. The summed E-state index contributed by atoms with van der Waals surface area (Å²) in [6.45, 7) is 4.60. The van der Waals surface area contributed by atoms with Gasteiger partial charge in [-0.1, -0.05) is 0 Å². The molecule has 0 spiro atoms. The van der Waals surface area contributed by atoms with Crippen molar-refractivity contribution < 1.29 is 9.47 Å². The van der Waals surface area contributed by atoms with Gasteiger partial charge in [0, 0.05) is 44.4 Å². The van der Waals surface area contributed by atoms with E-state index in [2.05, 4.69) is 28.6 Å². The van der Waals surface area contributed by atoms with E-state index in [-0.39, 0.29) is 6.10 Å². The van der Waals surface area contributed by atoms with Crippen molar-refractivity contribution in [2.24, 2.45) is 13.0 Å². The summed E-state index contributed by atoms with van der Waals surface area (Å²) in [5.74, 6) is 1.03. The largest absolute Gasteiger partial charge is 0.478 e. The molecule has 3 heterocycles. The fourth-order valence-corrected chi connectivity index (χ4v) is 3.10. The average molecular weight is 319 g/mol. The summed E-state index contributed by atoms with van der Waals surface area (Å²) in [6, 6.07) is 0. The molecule has 1 saturated heterocycles. The van der Waals surface area contributed by atoms with E-state index >= 15 is 0 Å². The van der Waals surface area contributed by atoms with Crippen molar-refractivity contribution in [1.29, 1.82) is 0 Å². The second-order valence-electron chi connectivity index (χ2n) is 5.93. The van der Waals surface area contributed by atoms with Gasteiger partial charge in [-0.25, -0.2) is 0 Å². The van der Waals surface area contributed by atoms with Gasteiger partial charge in [0.05, 0.1) is 25.6 Å². The molecule has 7 heteroatoms. The molecule has 0 saturated carbocycles. The van der Waals surface area contributed by atoms with Crippen LogP contribution in [-0.2, 0) is 18.3 Å². The van der Waals surface area contributed by atoms with Gasteiger partial charge >= 0.3 is 0 Å². The normalized spacial score (nSPS) is 21.3. The van der Waals surface area contributed by atoms with E-state index in [1.807, 2.05) is 24.1 Å². The molecule has 7 nitrogen and oxygen atoms in total. The van der Waals surface area contributed by atoms with Crippen molar-refractivity contribution in [3.05, 3.63) is 24.2 Å². The predicted octanol–water partition coefficient (Wildman–Crippen LogP) is 2.22. The van der Waals surface area contributed by atoms with Crippen LogP contribution in [-0.4, -0.2) is 39.8 Å². The van der Waals surface area contributed by atoms with E-state index in [1.165, 1.54) is 0 Å². The maximum absolute atomic E-state index is 6.04. The lowest BCUT2D eigenvalue weighted by Crippen LogP contribution is -2.28. The fraction of sp³-hybridized carbons (Fsp3) is 0.625. The number of aryl methyl sites for hydroxylation is 2.